The van der Waals surface area contributed by atoms with E-state index in [1.165, 1.54) is 16.7 Å². The first kappa shape index (κ1) is 18.7. The Morgan fingerprint density at radius 1 is 0.917 bits per heavy atom. The number of aryl methyl sites for hydroxylation is 1. The predicted octanol–water partition coefficient (Wildman–Crippen LogP) is 3.78. The highest BCUT2D eigenvalue weighted by molar-refractivity contribution is 5.21. The van der Waals surface area contributed by atoms with Crippen LogP contribution < -0.4 is 0 Å². The standard InChI is InChI=1S/C21H29NO2/c1-17(2)24-16-21(23)15-22(13-19-7-5-4-6-8-19)14-20-11-9-18(3)10-12-20/h4-12,17,21,23H,13-16H2,1-3H3. The fourth-order valence-electron chi connectivity index (χ4n) is 2.63. The van der Waals surface area contributed by atoms with Crippen LogP contribution in [-0.4, -0.2) is 35.4 Å². The maximum absolute atomic E-state index is 10.3. The van der Waals surface area contributed by atoms with Gasteiger partial charge in [-0.15, -0.1) is 0 Å². The normalized spacial score (nSPS) is 12.8. The number of hydrogen-bond donors (Lipinski definition) is 1. The first-order valence-corrected chi connectivity index (χ1v) is 8.64. The Labute approximate surface area is 145 Å². The number of rotatable bonds is 9. The second-order valence-electron chi connectivity index (χ2n) is 6.68. The first-order valence-electron chi connectivity index (χ1n) is 8.64. The fourth-order valence-corrected chi connectivity index (χ4v) is 2.63. The van der Waals surface area contributed by atoms with E-state index in [-0.39, 0.29) is 6.10 Å². The molecule has 2 aromatic carbocycles. The van der Waals surface area contributed by atoms with Crippen molar-refractivity contribution in [1.29, 1.82) is 0 Å². The highest BCUT2D eigenvalue weighted by Gasteiger charge is 2.14. The molecule has 2 aromatic rings. The maximum Gasteiger partial charge on any atom is 0.0900 e. The van der Waals surface area contributed by atoms with Gasteiger partial charge in [0.1, 0.15) is 0 Å². The molecule has 3 heteroatoms. The van der Waals surface area contributed by atoms with E-state index in [0.717, 1.165) is 13.1 Å². The van der Waals surface area contributed by atoms with Gasteiger partial charge in [0, 0.05) is 19.6 Å². The van der Waals surface area contributed by atoms with Crippen molar-refractivity contribution in [2.75, 3.05) is 13.2 Å². The Hall–Kier alpha value is -1.68. The first-order chi connectivity index (χ1) is 11.5. The summed E-state index contributed by atoms with van der Waals surface area (Å²) >= 11 is 0. The summed E-state index contributed by atoms with van der Waals surface area (Å²) in [6.45, 7) is 8.66. The summed E-state index contributed by atoms with van der Waals surface area (Å²) in [6, 6.07) is 19.0. The van der Waals surface area contributed by atoms with E-state index < -0.39 is 6.10 Å². The lowest BCUT2D eigenvalue weighted by atomic mass is 10.1. The third-order valence-electron chi connectivity index (χ3n) is 3.87. The van der Waals surface area contributed by atoms with Gasteiger partial charge in [0.25, 0.3) is 0 Å². The van der Waals surface area contributed by atoms with Gasteiger partial charge in [-0.3, -0.25) is 4.90 Å². The molecule has 0 fully saturated rings. The summed E-state index contributed by atoms with van der Waals surface area (Å²) in [5, 5.41) is 10.3. The van der Waals surface area contributed by atoms with Crippen LogP contribution in [0.25, 0.3) is 0 Å². The molecule has 1 N–H and O–H groups in total. The summed E-state index contributed by atoms with van der Waals surface area (Å²) in [4.78, 5) is 2.27. The van der Waals surface area contributed by atoms with Crippen LogP contribution in [-0.2, 0) is 17.8 Å². The van der Waals surface area contributed by atoms with Crippen LogP contribution in [0.3, 0.4) is 0 Å². The Morgan fingerprint density at radius 2 is 1.50 bits per heavy atom. The van der Waals surface area contributed by atoms with E-state index in [9.17, 15) is 5.11 Å². The average molecular weight is 327 g/mol. The Morgan fingerprint density at radius 3 is 2.08 bits per heavy atom. The molecule has 0 aliphatic rings. The average Bonchev–Trinajstić information content (AvgIpc) is 2.56. The lowest BCUT2D eigenvalue weighted by Crippen LogP contribution is -2.34. The number of aliphatic hydroxyl groups is 1. The molecule has 1 atom stereocenters. The van der Waals surface area contributed by atoms with Crippen LogP contribution in [0.5, 0.6) is 0 Å². The summed E-state index contributed by atoms with van der Waals surface area (Å²) < 4.78 is 5.54. The van der Waals surface area contributed by atoms with Crippen LogP contribution in [0.2, 0.25) is 0 Å². The molecule has 0 bridgehead atoms. The Kier molecular flexibility index (Phi) is 7.44. The summed E-state index contributed by atoms with van der Waals surface area (Å²) in [5.41, 5.74) is 3.77. The van der Waals surface area contributed by atoms with Gasteiger partial charge in [-0.05, 0) is 31.9 Å². The molecule has 0 amide bonds. The zero-order chi connectivity index (χ0) is 17.4. The van der Waals surface area contributed by atoms with Crippen molar-refractivity contribution in [2.24, 2.45) is 0 Å². The van der Waals surface area contributed by atoms with E-state index in [2.05, 4.69) is 60.4 Å². The maximum atomic E-state index is 10.3. The van der Waals surface area contributed by atoms with Crippen LogP contribution >= 0.6 is 0 Å². The molecular formula is C21H29NO2. The van der Waals surface area contributed by atoms with Crippen LogP contribution in [0.15, 0.2) is 54.6 Å². The van der Waals surface area contributed by atoms with E-state index >= 15 is 0 Å². The molecule has 0 heterocycles. The zero-order valence-electron chi connectivity index (χ0n) is 15.0. The number of hydrogen-bond acceptors (Lipinski definition) is 3. The van der Waals surface area contributed by atoms with E-state index in [4.69, 9.17) is 4.74 Å². The second-order valence-corrected chi connectivity index (χ2v) is 6.68. The van der Waals surface area contributed by atoms with Gasteiger partial charge < -0.3 is 9.84 Å². The molecule has 0 spiro atoms. The molecule has 0 aliphatic carbocycles. The van der Waals surface area contributed by atoms with Crippen molar-refractivity contribution in [2.45, 2.75) is 46.1 Å². The van der Waals surface area contributed by atoms with Crippen molar-refractivity contribution in [1.82, 2.24) is 4.90 Å². The monoisotopic (exact) mass is 327 g/mol. The van der Waals surface area contributed by atoms with Crippen molar-refractivity contribution < 1.29 is 9.84 Å². The largest absolute Gasteiger partial charge is 0.389 e. The number of nitrogens with zero attached hydrogens (tertiary/aromatic N) is 1. The lowest BCUT2D eigenvalue weighted by Gasteiger charge is -2.26. The van der Waals surface area contributed by atoms with Crippen molar-refractivity contribution in [3.63, 3.8) is 0 Å². The highest BCUT2D eigenvalue weighted by atomic mass is 16.5. The smallest absolute Gasteiger partial charge is 0.0900 e. The quantitative estimate of drug-likeness (QED) is 0.761. The fraction of sp³-hybridized carbons (Fsp3) is 0.429. The number of aliphatic hydroxyl groups excluding tert-OH is 1. The lowest BCUT2D eigenvalue weighted by molar-refractivity contribution is -0.0106. The topological polar surface area (TPSA) is 32.7 Å². The highest BCUT2D eigenvalue weighted by Crippen LogP contribution is 2.12. The summed E-state index contributed by atoms with van der Waals surface area (Å²) in [7, 11) is 0. The van der Waals surface area contributed by atoms with Crippen molar-refractivity contribution in [3.05, 3.63) is 71.3 Å². The minimum atomic E-state index is -0.485. The predicted molar refractivity (Wildman–Crippen MR) is 98.8 cm³/mol. The number of benzene rings is 2. The molecule has 24 heavy (non-hydrogen) atoms. The molecule has 130 valence electrons. The van der Waals surface area contributed by atoms with Gasteiger partial charge in [0.15, 0.2) is 0 Å². The molecule has 0 aliphatic heterocycles. The molecule has 0 saturated carbocycles. The summed E-state index contributed by atoms with van der Waals surface area (Å²) in [5.74, 6) is 0. The Balaban J connectivity index is 2.01. The van der Waals surface area contributed by atoms with E-state index in [0.29, 0.717) is 13.2 Å². The van der Waals surface area contributed by atoms with Crippen LogP contribution in [0, 0.1) is 6.92 Å². The summed E-state index contributed by atoms with van der Waals surface area (Å²) in [6.07, 6.45) is -0.346. The molecule has 0 radical (unpaired) electrons. The molecule has 1 unspecified atom stereocenters. The Bertz CT molecular complexity index is 581. The van der Waals surface area contributed by atoms with Gasteiger partial charge in [-0.25, -0.2) is 0 Å². The van der Waals surface area contributed by atoms with Crippen LogP contribution in [0.4, 0.5) is 0 Å². The minimum absolute atomic E-state index is 0.138. The molecule has 0 aromatic heterocycles. The molecule has 2 rings (SSSR count). The van der Waals surface area contributed by atoms with Crippen LogP contribution in [0.1, 0.15) is 30.5 Å². The van der Waals surface area contributed by atoms with Gasteiger partial charge in [0.05, 0.1) is 18.8 Å². The van der Waals surface area contributed by atoms with Gasteiger partial charge >= 0.3 is 0 Å². The molecule has 3 nitrogen and oxygen atoms in total. The van der Waals surface area contributed by atoms with Gasteiger partial charge in [-0.2, -0.15) is 0 Å². The van der Waals surface area contributed by atoms with Crippen molar-refractivity contribution >= 4 is 0 Å². The third-order valence-corrected chi connectivity index (χ3v) is 3.87. The van der Waals surface area contributed by atoms with E-state index in [1.807, 2.05) is 19.9 Å². The second kappa shape index (κ2) is 9.58. The number of ether oxygens (including phenoxy) is 1. The van der Waals surface area contributed by atoms with Gasteiger partial charge in [-0.1, -0.05) is 60.2 Å². The van der Waals surface area contributed by atoms with Gasteiger partial charge in [0.2, 0.25) is 0 Å². The zero-order valence-corrected chi connectivity index (χ0v) is 15.0. The third kappa shape index (κ3) is 6.83. The van der Waals surface area contributed by atoms with Crippen molar-refractivity contribution in [3.8, 4) is 0 Å². The van der Waals surface area contributed by atoms with E-state index in [1.54, 1.807) is 0 Å². The molecular weight excluding hydrogens is 298 g/mol. The molecule has 0 saturated heterocycles. The SMILES string of the molecule is Cc1ccc(CN(Cc2ccccc2)CC(O)COC(C)C)cc1. The minimum Gasteiger partial charge on any atom is -0.389 e.